The molecule has 3 heterocycles. The monoisotopic (exact) mass is 638 g/mol. The number of pyridine rings is 2. The molecule has 50 heavy (non-hydrogen) atoms. The summed E-state index contributed by atoms with van der Waals surface area (Å²) in [5.41, 5.74) is 13.6. The standard InChI is InChI=1S/C46H30N4/c1-3-9-31(10-4-1)38-13-7-14-39(29-38)43-30-42(49-46(50-43)37-11-5-2-6-12-37)35-22-18-33(19-23-35)32-16-20-34(21-17-32)40-26-28-48-45-41(40)25-24-36-15-8-27-47-44(36)45/h1-30H. The van der Waals surface area contributed by atoms with Crippen molar-refractivity contribution in [2.75, 3.05) is 0 Å². The van der Waals surface area contributed by atoms with Crippen LogP contribution in [0.15, 0.2) is 182 Å². The highest BCUT2D eigenvalue weighted by Crippen LogP contribution is 2.34. The van der Waals surface area contributed by atoms with E-state index < -0.39 is 0 Å². The van der Waals surface area contributed by atoms with Crippen molar-refractivity contribution in [3.8, 4) is 67.3 Å². The average molecular weight is 639 g/mol. The number of rotatable bonds is 6. The molecule has 0 saturated carbocycles. The maximum Gasteiger partial charge on any atom is 0.160 e. The summed E-state index contributed by atoms with van der Waals surface area (Å²) in [5.74, 6) is 0.704. The number of hydrogen-bond donors (Lipinski definition) is 0. The summed E-state index contributed by atoms with van der Waals surface area (Å²) >= 11 is 0. The van der Waals surface area contributed by atoms with E-state index in [1.54, 1.807) is 0 Å². The first-order valence-electron chi connectivity index (χ1n) is 16.7. The van der Waals surface area contributed by atoms with Gasteiger partial charge in [0.25, 0.3) is 0 Å². The zero-order chi connectivity index (χ0) is 33.3. The second-order valence-electron chi connectivity index (χ2n) is 12.3. The molecular weight excluding hydrogens is 609 g/mol. The van der Waals surface area contributed by atoms with Crippen LogP contribution in [0.5, 0.6) is 0 Å². The molecule has 9 rings (SSSR count). The van der Waals surface area contributed by atoms with Crippen molar-refractivity contribution in [2.45, 2.75) is 0 Å². The first kappa shape index (κ1) is 29.4. The minimum absolute atomic E-state index is 0.704. The fourth-order valence-electron chi connectivity index (χ4n) is 6.63. The Bertz CT molecular complexity index is 2620. The highest BCUT2D eigenvalue weighted by Gasteiger charge is 2.13. The van der Waals surface area contributed by atoms with Crippen LogP contribution >= 0.6 is 0 Å². The SMILES string of the molecule is c1ccc(-c2cccc(-c3cc(-c4ccc(-c5ccc(-c6ccnc7c6ccc6cccnc67)cc5)cc4)nc(-c4ccccc4)n3)c2)cc1. The van der Waals surface area contributed by atoms with Crippen molar-refractivity contribution >= 4 is 21.8 Å². The van der Waals surface area contributed by atoms with Gasteiger partial charge in [0.15, 0.2) is 5.82 Å². The van der Waals surface area contributed by atoms with E-state index in [1.165, 1.54) is 5.56 Å². The minimum atomic E-state index is 0.704. The lowest BCUT2D eigenvalue weighted by atomic mass is 9.96. The molecule has 4 heteroatoms. The van der Waals surface area contributed by atoms with Crippen LogP contribution in [0, 0.1) is 0 Å². The predicted octanol–water partition coefficient (Wildman–Crippen LogP) is 11.6. The molecule has 3 aromatic heterocycles. The summed E-state index contributed by atoms with van der Waals surface area (Å²) in [7, 11) is 0. The Labute approximate surface area is 290 Å². The third kappa shape index (κ3) is 5.59. The summed E-state index contributed by atoms with van der Waals surface area (Å²) in [6.07, 6.45) is 3.70. The normalized spacial score (nSPS) is 11.2. The van der Waals surface area contributed by atoms with E-state index in [4.69, 9.17) is 9.97 Å². The summed E-state index contributed by atoms with van der Waals surface area (Å²) in [6, 6.07) is 59.1. The van der Waals surface area contributed by atoms with Gasteiger partial charge in [-0.15, -0.1) is 0 Å². The third-order valence-corrected chi connectivity index (χ3v) is 9.22. The van der Waals surface area contributed by atoms with Gasteiger partial charge >= 0.3 is 0 Å². The molecule has 0 N–H and O–H groups in total. The molecule has 0 radical (unpaired) electrons. The van der Waals surface area contributed by atoms with Crippen LogP contribution in [-0.2, 0) is 0 Å². The van der Waals surface area contributed by atoms with Gasteiger partial charge in [0.2, 0.25) is 0 Å². The first-order chi connectivity index (χ1) is 24.8. The van der Waals surface area contributed by atoms with Gasteiger partial charge in [0.05, 0.1) is 22.4 Å². The van der Waals surface area contributed by atoms with Gasteiger partial charge in [0, 0.05) is 39.9 Å². The number of fused-ring (bicyclic) bond motifs is 3. The molecule has 0 atom stereocenters. The second kappa shape index (κ2) is 12.7. The Morgan fingerprint density at radius 1 is 0.320 bits per heavy atom. The maximum atomic E-state index is 5.05. The van der Waals surface area contributed by atoms with Crippen LogP contribution in [-0.4, -0.2) is 19.9 Å². The van der Waals surface area contributed by atoms with Crippen molar-refractivity contribution in [1.29, 1.82) is 0 Å². The molecule has 0 aliphatic carbocycles. The van der Waals surface area contributed by atoms with Gasteiger partial charge in [-0.05, 0) is 57.6 Å². The van der Waals surface area contributed by atoms with E-state index in [-0.39, 0.29) is 0 Å². The molecule has 0 saturated heterocycles. The van der Waals surface area contributed by atoms with Crippen molar-refractivity contribution in [1.82, 2.24) is 19.9 Å². The number of benzene rings is 6. The van der Waals surface area contributed by atoms with E-state index in [1.807, 2.05) is 42.7 Å². The molecule has 0 aliphatic heterocycles. The second-order valence-corrected chi connectivity index (χ2v) is 12.3. The topological polar surface area (TPSA) is 51.6 Å². The van der Waals surface area contributed by atoms with Crippen LogP contribution in [0.25, 0.3) is 89.1 Å². The van der Waals surface area contributed by atoms with Gasteiger partial charge in [-0.1, -0.05) is 146 Å². The van der Waals surface area contributed by atoms with Crippen LogP contribution in [0.3, 0.4) is 0 Å². The van der Waals surface area contributed by atoms with Crippen molar-refractivity contribution < 1.29 is 0 Å². The molecule has 0 amide bonds. The Morgan fingerprint density at radius 2 is 0.900 bits per heavy atom. The molecule has 9 aromatic rings. The lowest BCUT2D eigenvalue weighted by Crippen LogP contribution is -1.96. The van der Waals surface area contributed by atoms with Crippen molar-refractivity contribution in [3.63, 3.8) is 0 Å². The van der Waals surface area contributed by atoms with Crippen LogP contribution < -0.4 is 0 Å². The first-order valence-corrected chi connectivity index (χ1v) is 16.7. The van der Waals surface area contributed by atoms with E-state index >= 15 is 0 Å². The summed E-state index contributed by atoms with van der Waals surface area (Å²) in [6.45, 7) is 0. The molecule has 0 spiro atoms. The van der Waals surface area contributed by atoms with Gasteiger partial charge in [-0.3, -0.25) is 9.97 Å². The highest BCUT2D eigenvalue weighted by atomic mass is 14.9. The lowest BCUT2D eigenvalue weighted by Gasteiger charge is -2.11. The van der Waals surface area contributed by atoms with Crippen molar-refractivity contribution in [3.05, 3.63) is 182 Å². The van der Waals surface area contributed by atoms with E-state index in [2.05, 4.69) is 149 Å². The summed E-state index contributed by atoms with van der Waals surface area (Å²) in [4.78, 5) is 19.4. The van der Waals surface area contributed by atoms with E-state index in [0.29, 0.717) is 5.82 Å². The predicted molar refractivity (Wildman–Crippen MR) is 205 cm³/mol. The zero-order valence-corrected chi connectivity index (χ0v) is 27.1. The molecule has 0 fully saturated rings. The van der Waals surface area contributed by atoms with Gasteiger partial charge in [-0.2, -0.15) is 0 Å². The summed E-state index contributed by atoms with van der Waals surface area (Å²) < 4.78 is 0. The van der Waals surface area contributed by atoms with E-state index in [0.717, 1.165) is 77.7 Å². The fraction of sp³-hybridized carbons (Fsp3) is 0. The quantitative estimate of drug-likeness (QED) is 0.170. The Hall–Kier alpha value is -6.78. The lowest BCUT2D eigenvalue weighted by molar-refractivity contribution is 1.18. The molecule has 0 aliphatic rings. The Morgan fingerprint density at radius 3 is 1.64 bits per heavy atom. The third-order valence-electron chi connectivity index (χ3n) is 9.22. The van der Waals surface area contributed by atoms with Gasteiger partial charge in [-0.25, -0.2) is 9.97 Å². The molecule has 6 aromatic carbocycles. The summed E-state index contributed by atoms with van der Waals surface area (Å²) in [5, 5.41) is 2.19. The molecule has 0 unspecified atom stereocenters. The number of aromatic nitrogens is 4. The fourth-order valence-corrected chi connectivity index (χ4v) is 6.63. The minimum Gasteiger partial charge on any atom is -0.254 e. The largest absolute Gasteiger partial charge is 0.254 e. The average Bonchev–Trinajstić information content (AvgIpc) is 3.21. The smallest absolute Gasteiger partial charge is 0.160 e. The Kier molecular flexibility index (Phi) is 7.45. The Balaban J connectivity index is 1.05. The molecule has 4 nitrogen and oxygen atoms in total. The van der Waals surface area contributed by atoms with E-state index in [9.17, 15) is 0 Å². The van der Waals surface area contributed by atoms with Crippen LogP contribution in [0.1, 0.15) is 0 Å². The molecular formula is C46H30N4. The zero-order valence-electron chi connectivity index (χ0n) is 27.1. The van der Waals surface area contributed by atoms with Gasteiger partial charge in [0.1, 0.15) is 0 Å². The van der Waals surface area contributed by atoms with Crippen molar-refractivity contribution in [2.24, 2.45) is 0 Å². The number of nitrogens with zero attached hydrogens (tertiary/aromatic N) is 4. The van der Waals surface area contributed by atoms with Crippen LogP contribution in [0.2, 0.25) is 0 Å². The maximum absolute atomic E-state index is 5.05. The molecule has 234 valence electrons. The highest BCUT2D eigenvalue weighted by molar-refractivity contribution is 6.08. The molecule has 0 bridgehead atoms. The van der Waals surface area contributed by atoms with Crippen LogP contribution in [0.4, 0.5) is 0 Å². The van der Waals surface area contributed by atoms with Gasteiger partial charge < -0.3 is 0 Å². The number of hydrogen-bond acceptors (Lipinski definition) is 4.